The number of hydrogen-bond acceptors (Lipinski definition) is 5. The number of ether oxygens (including phenoxy) is 2. The van der Waals surface area contributed by atoms with E-state index >= 15 is 0 Å². The highest BCUT2D eigenvalue weighted by atomic mass is 16.5. The third kappa shape index (κ3) is 5.37. The third-order valence-electron chi connectivity index (χ3n) is 4.38. The Balaban J connectivity index is 1.53. The minimum atomic E-state index is -0.0430. The molecule has 0 bridgehead atoms. The van der Waals surface area contributed by atoms with Gasteiger partial charge in [0.1, 0.15) is 5.75 Å². The number of benzene rings is 2. The van der Waals surface area contributed by atoms with Gasteiger partial charge in [-0.05, 0) is 31.2 Å². The van der Waals surface area contributed by atoms with Gasteiger partial charge in [-0.15, -0.1) is 0 Å². The van der Waals surface area contributed by atoms with Gasteiger partial charge in [0.05, 0.1) is 36.9 Å². The molecule has 6 heteroatoms. The summed E-state index contributed by atoms with van der Waals surface area (Å²) < 4.78 is 11.0. The number of nitrogens with one attached hydrogen (secondary N) is 2. The maximum Gasteiger partial charge on any atom is 0.226 e. The molecule has 2 aromatic carbocycles. The van der Waals surface area contributed by atoms with Crippen molar-refractivity contribution in [1.82, 2.24) is 0 Å². The lowest BCUT2D eigenvalue weighted by molar-refractivity contribution is -0.116. The molecule has 0 unspecified atom stereocenters. The Kier molecular flexibility index (Phi) is 6.93. The largest absolute Gasteiger partial charge is 0.492 e. The molecule has 6 nitrogen and oxygen atoms in total. The van der Waals surface area contributed by atoms with E-state index in [1.165, 1.54) is 0 Å². The first-order valence-corrected chi connectivity index (χ1v) is 9.45. The molecule has 0 atom stereocenters. The zero-order chi connectivity index (χ0) is 18.9. The van der Waals surface area contributed by atoms with Gasteiger partial charge in [0.15, 0.2) is 0 Å². The highest BCUT2D eigenvalue weighted by molar-refractivity contribution is 5.92. The van der Waals surface area contributed by atoms with Crippen molar-refractivity contribution < 1.29 is 14.3 Å². The van der Waals surface area contributed by atoms with E-state index in [9.17, 15) is 4.79 Å². The van der Waals surface area contributed by atoms with Crippen LogP contribution in [0, 0.1) is 0 Å². The van der Waals surface area contributed by atoms with Gasteiger partial charge in [-0.1, -0.05) is 24.3 Å². The van der Waals surface area contributed by atoms with Crippen LogP contribution in [0.3, 0.4) is 0 Å². The Morgan fingerprint density at radius 1 is 1.07 bits per heavy atom. The monoisotopic (exact) mass is 369 g/mol. The quantitative estimate of drug-likeness (QED) is 0.747. The average molecular weight is 369 g/mol. The molecule has 1 fully saturated rings. The molecular formula is C21H27N3O3. The van der Waals surface area contributed by atoms with Crippen LogP contribution in [0.15, 0.2) is 48.5 Å². The summed E-state index contributed by atoms with van der Waals surface area (Å²) in [7, 11) is 0. The molecule has 1 amide bonds. The van der Waals surface area contributed by atoms with E-state index < -0.39 is 0 Å². The average Bonchev–Trinajstić information content (AvgIpc) is 2.71. The number of hydrogen-bond donors (Lipinski definition) is 2. The zero-order valence-corrected chi connectivity index (χ0v) is 15.7. The Bertz CT molecular complexity index is 745. The first-order valence-electron chi connectivity index (χ1n) is 9.45. The van der Waals surface area contributed by atoms with Crippen LogP contribution in [-0.4, -0.2) is 45.4 Å². The second-order valence-electron chi connectivity index (χ2n) is 6.27. The van der Waals surface area contributed by atoms with Gasteiger partial charge in [-0.3, -0.25) is 4.79 Å². The number of carbonyl (C=O) groups is 1. The molecule has 0 aliphatic carbocycles. The number of carbonyl (C=O) groups excluding carboxylic acids is 1. The molecule has 1 aliphatic rings. The Morgan fingerprint density at radius 3 is 2.56 bits per heavy atom. The summed E-state index contributed by atoms with van der Waals surface area (Å²) in [6.07, 6.45) is 0.373. The molecule has 1 saturated heterocycles. The standard InChI is InChI=1S/C21H27N3O3/c1-2-27-20-10-6-4-8-18(20)23-21(25)11-12-22-17-7-3-5-9-19(17)24-13-15-26-16-14-24/h3-10,22H,2,11-16H2,1H3,(H,23,25). The molecule has 144 valence electrons. The topological polar surface area (TPSA) is 62.8 Å². The lowest BCUT2D eigenvalue weighted by Crippen LogP contribution is -2.36. The Labute approximate surface area is 160 Å². The van der Waals surface area contributed by atoms with Crippen LogP contribution in [0.4, 0.5) is 17.1 Å². The molecule has 1 heterocycles. The lowest BCUT2D eigenvalue weighted by atomic mass is 10.2. The van der Waals surface area contributed by atoms with E-state index in [2.05, 4.69) is 21.6 Å². The second kappa shape index (κ2) is 9.83. The van der Waals surface area contributed by atoms with Gasteiger partial charge < -0.3 is 25.0 Å². The summed E-state index contributed by atoms with van der Waals surface area (Å²) in [5.74, 6) is 0.650. The van der Waals surface area contributed by atoms with Crippen molar-refractivity contribution in [2.45, 2.75) is 13.3 Å². The molecule has 2 aromatic rings. The summed E-state index contributed by atoms with van der Waals surface area (Å²) in [5.41, 5.74) is 2.91. The molecule has 0 saturated carbocycles. The Hall–Kier alpha value is -2.73. The summed E-state index contributed by atoms with van der Waals surface area (Å²) in [6, 6.07) is 15.7. The lowest BCUT2D eigenvalue weighted by Gasteiger charge is -2.30. The van der Waals surface area contributed by atoms with Crippen LogP contribution in [0.1, 0.15) is 13.3 Å². The minimum absolute atomic E-state index is 0.0430. The second-order valence-corrected chi connectivity index (χ2v) is 6.27. The van der Waals surface area contributed by atoms with Crippen molar-refractivity contribution in [2.75, 3.05) is 55.0 Å². The van der Waals surface area contributed by atoms with Gasteiger partial charge in [-0.2, -0.15) is 0 Å². The zero-order valence-electron chi connectivity index (χ0n) is 15.7. The van der Waals surface area contributed by atoms with Gasteiger partial charge in [0, 0.05) is 26.1 Å². The normalized spacial score (nSPS) is 13.9. The molecule has 0 radical (unpaired) electrons. The fourth-order valence-corrected chi connectivity index (χ4v) is 3.08. The van der Waals surface area contributed by atoms with Crippen LogP contribution in [0.2, 0.25) is 0 Å². The molecule has 1 aliphatic heterocycles. The van der Waals surface area contributed by atoms with E-state index in [-0.39, 0.29) is 5.91 Å². The van der Waals surface area contributed by atoms with Crippen LogP contribution in [-0.2, 0) is 9.53 Å². The number of rotatable bonds is 8. The first kappa shape index (κ1) is 19.0. The highest BCUT2D eigenvalue weighted by Gasteiger charge is 2.14. The minimum Gasteiger partial charge on any atom is -0.492 e. The SMILES string of the molecule is CCOc1ccccc1NC(=O)CCNc1ccccc1N1CCOCC1. The summed E-state index contributed by atoms with van der Waals surface area (Å²) in [4.78, 5) is 14.6. The van der Waals surface area contributed by atoms with Gasteiger partial charge in [0.2, 0.25) is 5.91 Å². The summed E-state index contributed by atoms with van der Waals surface area (Å²) in [5, 5.41) is 6.32. The van der Waals surface area contributed by atoms with Crippen molar-refractivity contribution >= 4 is 23.0 Å². The molecule has 2 N–H and O–H groups in total. The van der Waals surface area contributed by atoms with Crippen molar-refractivity contribution in [1.29, 1.82) is 0 Å². The van der Waals surface area contributed by atoms with Crippen LogP contribution >= 0.6 is 0 Å². The van der Waals surface area contributed by atoms with Crippen LogP contribution in [0.5, 0.6) is 5.75 Å². The third-order valence-corrected chi connectivity index (χ3v) is 4.38. The van der Waals surface area contributed by atoms with E-state index in [1.807, 2.05) is 49.4 Å². The fraction of sp³-hybridized carbons (Fsp3) is 0.381. The number of morpholine rings is 1. The van der Waals surface area contributed by atoms with Gasteiger partial charge >= 0.3 is 0 Å². The van der Waals surface area contributed by atoms with Gasteiger partial charge in [0.25, 0.3) is 0 Å². The summed E-state index contributed by atoms with van der Waals surface area (Å²) >= 11 is 0. The van der Waals surface area contributed by atoms with E-state index in [0.717, 1.165) is 37.7 Å². The molecule has 27 heavy (non-hydrogen) atoms. The summed E-state index contributed by atoms with van der Waals surface area (Å²) in [6.45, 7) is 6.30. The number of nitrogens with zero attached hydrogens (tertiary/aromatic N) is 1. The van der Waals surface area contributed by atoms with Crippen molar-refractivity contribution in [3.05, 3.63) is 48.5 Å². The van der Waals surface area contributed by atoms with E-state index in [0.29, 0.717) is 31.0 Å². The molecule has 3 rings (SSSR count). The predicted octanol–water partition coefficient (Wildman–Crippen LogP) is 3.36. The van der Waals surface area contributed by atoms with Crippen molar-refractivity contribution in [2.24, 2.45) is 0 Å². The first-order chi connectivity index (χ1) is 13.3. The molecule has 0 spiro atoms. The van der Waals surface area contributed by atoms with Crippen molar-refractivity contribution in [3.63, 3.8) is 0 Å². The number of amides is 1. The molecular weight excluding hydrogens is 342 g/mol. The fourth-order valence-electron chi connectivity index (χ4n) is 3.08. The maximum absolute atomic E-state index is 12.3. The van der Waals surface area contributed by atoms with Crippen LogP contribution in [0.25, 0.3) is 0 Å². The maximum atomic E-state index is 12.3. The predicted molar refractivity (Wildman–Crippen MR) is 109 cm³/mol. The number of para-hydroxylation sites is 4. The molecule has 0 aromatic heterocycles. The van der Waals surface area contributed by atoms with E-state index in [4.69, 9.17) is 9.47 Å². The number of anilines is 3. The van der Waals surface area contributed by atoms with Gasteiger partial charge in [-0.25, -0.2) is 0 Å². The van der Waals surface area contributed by atoms with Crippen molar-refractivity contribution in [3.8, 4) is 5.75 Å². The smallest absolute Gasteiger partial charge is 0.226 e. The van der Waals surface area contributed by atoms with E-state index in [1.54, 1.807) is 0 Å². The van der Waals surface area contributed by atoms with Crippen LogP contribution < -0.4 is 20.3 Å². The highest BCUT2D eigenvalue weighted by Crippen LogP contribution is 2.26. The Morgan fingerprint density at radius 2 is 1.78 bits per heavy atom.